The molecule has 0 heterocycles. The molecule has 0 rings (SSSR count). The van der Waals surface area contributed by atoms with Gasteiger partial charge in [0.05, 0.1) is 0 Å². The van der Waals surface area contributed by atoms with E-state index in [1.54, 1.807) is 0 Å². The third kappa shape index (κ3) is 67.2. The van der Waals surface area contributed by atoms with Crippen LogP contribution in [0.15, 0.2) is 182 Å². The standard InChI is InChI=1S/C77H120O6/c1-4-7-10-13-16-19-21-23-25-27-29-31-33-35-37-38-40-41-43-45-47-49-51-53-55-58-61-64-67-70-76(79)82-73-74(72-81-75(78)69-66-63-60-57-18-15-12-9-6-3)83-77(80)71-68-65-62-59-56-54-52-50-48-46-44-42-39-36-34-32-30-28-26-24-22-20-17-14-11-8-5-2/h7-8,10-11,16-17,19-20,23-26,29-32,35-37,39-41,44-47,50-53,74H,4-6,9,12-15,18,21-22,27-28,33-34,38,42-43,48-49,54-73H2,1-3H3/b10-7-,11-8-,19-16-,20-17-,25-23-,26-24-,31-29-,32-30-,37-35-,39-36-,41-40-,46-44-,47-45-,52-50-,53-51-. The van der Waals surface area contributed by atoms with E-state index in [0.717, 1.165) is 186 Å². The van der Waals surface area contributed by atoms with Gasteiger partial charge in [-0.1, -0.05) is 287 Å². The van der Waals surface area contributed by atoms with E-state index in [1.165, 1.54) is 38.5 Å². The molecule has 0 aliphatic carbocycles. The van der Waals surface area contributed by atoms with Gasteiger partial charge >= 0.3 is 17.9 Å². The Morgan fingerprint density at radius 1 is 0.253 bits per heavy atom. The summed E-state index contributed by atoms with van der Waals surface area (Å²) in [6.45, 7) is 6.34. The molecule has 6 heteroatoms. The Balaban J connectivity index is 4.37. The van der Waals surface area contributed by atoms with Gasteiger partial charge in [0.15, 0.2) is 6.10 Å². The Labute approximate surface area is 510 Å². The Hall–Kier alpha value is -5.49. The maximum atomic E-state index is 12.9. The number of carbonyl (C=O) groups excluding carboxylic acids is 3. The van der Waals surface area contributed by atoms with E-state index < -0.39 is 6.10 Å². The second-order valence-corrected chi connectivity index (χ2v) is 21.3. The molecular weight excluding hydrogens is 1020 g/mol. The number of carbonyl (C=O) groups is 3. The zero-order chi connectivity index (χ0) is 59.9. The summed E-state index contributed by atoms with van der Waals surface area (Å²) in [6.07, 6.45) is 103. The highest BCUT2D eigenvalue weighted by molar-refractivity contribution is 5.71. The maximum absolute atomic E-state index is 12.9. The zero-order valence-corrected chi connectivity index (χ0v) is 53.1. The molecule has 0 N–H and O–H groups in total. The molecule has 0 aromatic heterocycles. The molecule has 0 amide bonds. The summed E-state index contributed by atoms with van der Waals surface area (Å²) in [5.41, 5.74) is 0. The highest BCUT2D eigenvalue weighted by Gasteiger charge is 2.19. The molecule has 0 bridgehead atoms. The number of ether oxygens (including phenoxy) is 3. The van der Waals surface area contributed by atoms with Gasteiger partial charge in [0.1, 0.15) is 13.2 Å². The van der Waals surface area contributed by atoms with Gasteiger partial charge in [0, 0.05) is 19.3 Å². The van der Waals surface area contributed by atoms with Crippen molar-refractivity contribution >= 4 is 17.9 Å². The number of unbranched alkanes of at least 4 members (excludes halogenated alkanes) is 17. The summed E-state index contributed by atoms with van der Waals surface area (Å²) in [4.78, 5) is 38.2. The van der Waals surface area contributed by atoms with Crippen molar-refractivity contribution in [1.82, 2.24) is 0 Å². The van der Waals surface area contributed by atoms with Crippen molar-refractivity contribution in [1.29, 1.82) is 0 Å². The minimum Gasteiger partial charge on any atom is -0.462 e. The highest BCUT2D eigenvalue weighted by Crippen LogP contribution is 2.14. The minimum atomic E-state index is -0.809. The lowest BCUT2D eigenvalue weighted by Crippen LogP contribution is -2.30. The molecule has 0 fully saturated rings. The molecule has 0 saturated heterocycles. The second-order valence-electron chi connectivity index (χ2n) is 21.3. The molecule has 0 aromatic carbocycles. The van der Waals surface area contributed by atoms with Crippen LogP contribution in [-0.4, -0.2) is 37.2 Å². The Kier molecular flexibility index (Phi) is 64.4. The topological polar surface area (TPSA) is 78.9 Å². The quantitative estimate of drug-likeness (QED) is 0.0261. The van der Waals surface area contributed by atoms with Crippen LogP contribution in [0.2, 0.25) is 0 Å². The molecule has 0 aliphatic rings. The van der Waals surface area contributed by atoms with E-state index in [0.29, 0.717) is 19.3 Å². The summed E-state index contributed by atoms with van der Waals surface area (Å²) < 4.78 is 16.9. The third-order valence-corrected chi connectivity index (χ3v) is 13.4. The Morgan fingerprint density at radius 3 is 0.735 bits per heavy atom. The number of hydrogen-bond acceptors (Lipinski definition) is 6. The summed E-state index contributed by atoms with van der Waals surface area (Å²) in [7, 11) is 0. The average Bonchev–Trinajstić information content (AvgIpc) is 3.49. The van der Waals surface area contributed by atoms with Gasteiger partial charge in [0.2, 0.25) is 0 Å². The number of esters is 3. The second kappa shape index (κ2) is 69.0. The van der Waals surface area contributed by atoms with Crippen LogP contribution in [-0.2, 0) is 28.6 Å². The fraction of sp³-hybridized carbons (Fsp3) is 0.571. The molecule has 464 valence electrons. The van der Waals surface area contributed by atoms with Crippen LogP contribution >= 0.6 is 0 Å². The van der Waals surface area contributed by atoms with Crippen LogP contribution in [0.4, 0.5) is 0 Å². The molecule has 0 spiro atoms. The average molecular weight is 1140 g/mol. The maximum Gasteiger partial charge on any atom is 0.306 e. The normalized spacial score (nSPS) is 13.3. The minimum absolute atomic E-state index is 0.102. The first-order valence-electron chi connectivity index (χ1n) is 33.3. The Morgan fingerprint density at radius 2 is 0.470 bits per heavy atom. The molecule has 1 atom stereocenters. The van der Waals surface area contributed by atoms with Crippen molar-refractivity contribution in [3.63, 3.8) is 0 Å². The van der Waals surface area contributed by atoms with Crippen LogP contribution < -0.4 is 0 Å². The molecular formula is C77H120O6. The van der Waals surface area contributed by atoms with Crippen molar-refractivity contribution in [3.05, 3.63) is 182 Å². The molecule has 0 saturated carbocycles. The van der Waals surface area contributed by atoms with Gasteiger partial charge in [-0.2, -0.15) is 0 Å². The number of allylic oxidation sites excluding steroid dienone is 30. The van der Waals surface area contributed by atoms with Gasteiger partial charge in [-0.15, -0.1) is 0 Å². The van der Waals surface area contributed by atoms with Gasteiger partial charge < -0.3 is 14.2 Å². The van der Waals surface area contributed by atoms with Crippen LogP contribution in [0.1, 0.15) is 265 Å². The summed E-state index contributed by atoms with van der Waals surface area (Å²) in [5, 5.41) is 0. The SMILES string of the molecule is CC/C=C\C/C=C\C/C=C\C/C=C\C/C=C\C/C=C\C/C=C\C/C=C\CCCCCCC(=O)OCC(COC(=O)CCCCCCCCCCC)OC(=O)CCCCCCC/C=C\C/C=C\C/C=C\C/C=C\C/C=C\C/C=C\C/C=C\CC. The summed E-state index contributed by atoms with van der Waals surface area (Å²) >= 11 is 0. The van der Waals surface area contributed by atoms with Crippen molar-refractivity contribution in [3.8, 4) is 0 Å². The fourth-order valence-corrected chi connectivity index (χ4v) is 8.50. The molecule has 6 nitrogen and oxygen atoms in total. The first kappa shape index (κ1) is 77.5. The largest absolute Gasteiger partial charge is 0.462 e. The van der Waals surface area contributed by atoms with Crippen molar-refractivity contribution in [2.24, 2.45) is 0 Å². The number of rotatable bonds is 58. The molecule has 0 aromatic rings. The zero-order valence-electron chi connectivity index (χ0n) is 53.1. The third-order valence-electron chi connectivity index (χ3n) is 13.4. The van der Waals surface area contributed by atoms with Crippen LogP contribution in [0.25, 0.3) is 0 Å². The van der Waals surface area contributed by atoms with Crippen LogP contribution in [0.5, 0.6) is 0 Å². The van der Waals surface area contributed by atoms with Crippen molar-refractivity contribution < 1.29 is 28.6 Å². The predicted octanol–water partition coefficient (Wildman–Crippen LogP) is 23.2. The summed E-state index contributed by atoms with van der Waals surface area (Å²) in [5.74, 6) is -0.956. The predicted molar refractivity (Wildman–Crippen MR) is 361 cm³/mol. The molecule has 0 radical (unpaired) electrons. The van der Waals surface area contributed by atoms with E-state index in [2.05, 4.69) is 203 Å². The van der Waals surface area contributed by atoms with E-state index in [-0.39, 0.29) is 31.1 Å². The highest BCUT2D eigenvalue weighted by atomic mass is 16.6. The van der Waals surface area contributed by atoms with Crippen LogP contribution in [0.3, 0.4) is 0 Å². The van der Waals surface area contributed by atoms with Crippen molar-refractivity contribution in [2.75, 3.05) is 13.2 Å². The smallest absolute Gasteiger partial charge is 0.306 e. The molecule has 1 unspecified atom stereocenters. The summed E-state index contributed by atoms with van der Waals surface area (Å²) in [6, 6.07) is 0. The van der Waals surface area contributed by atoms with E-state index in [4.69, 9.17) is 14.2 Å². The molecule has 83 heavy (non-hydrogen) atoms. The van der Waals surface area contributed by atoms with E-state index in [1.807, 2.05) is 0 Å². The van der Waals surface area contributed by atoms with Gasteiger partial charge in [-0.05, 0) is 141 Å². The van der Waals surface area contributed by atoms with Gasteiger partial charge in [0.25, 0.3) is 0 Å². The lowest BCUT2D eigenvalue weighted by atomic mass is 10.1. The molecule has 0 aliphatic heterocycles. The lowest BCUT2D eigenvalue weighted by molar-refractivity contribution is -0.167. The van der Waals surface area contributed by atoms with E-state index in [9.17, 15) is 14.4 Å². The van der Waals surface area contributed by atoms with Gasteiger partial charge in [-0.25, -0.2) is 0 Å². The Bertz CT molecular complexity index is 1940. The monoisotopic (exact) mass is 1140 g/mol. The lowest BCUT2D eigenvalue weighted by Gasteiger charge is -2.18. The van der Waals surface area contributed by atoms with Gasteiger partial charge in [-0.3, -0.25) is 14.4 Å². The van der Waals surface area contributed by atoms with E-state index >= 15 is 0 Å². The number of hydrogen-bond donors (Lipinski definition) is 0. The first-order chi connectivity index (χ1) is 41.0. The van der Waals surface area contributed by atoms with Crippen LogP contribution in [0, 0.1) is 0 Å². The first-order valence-corrected chi connectivity index (χ1v) is 33.3. The van der Waals surface area contributed by atoms with Crippen molar-refractivity contribution in [2.45, 2.75) is 271 Å². The fourth-order valence-electron chi connectivity index (χ4n) is 8.50.